The monoisotopic (exact) mass is 356 g/mol. The van der Waals surface area contributed by atoms with Gasteiger partial charge in [-0.15, -0.1) is 11.3 Å². The summed E-state index contributed by atoms with van der Waals surface area (Å²) in [6, 6.07) is 7.98. The Hall–Kier alpha value is -2.73. The van der Waals surface area contributed by atoms with E-state index >= 15 is 0 Å². The normalized spacial score (nSPS) is 11.2. The molecule has 128 valence electrons. The molecule has 0 aliphatic rings. The van der Waals surface area contributed by atoms with Gasteiger partial charge in [0.15, 0.2) is 5.13 Å². The fourth-order valence-corrected chi connectivity index (χ4v) is 3.32. The van der Waals surface area contributed by atoms with Gasteiger partial charge in [0.1, 0.15) is 12.4 Å². The summed E-state index contributed by atoms with van der Waals surface area (Å²) in [5.74, 6) is -0.818. The minimum absolute atomic E-state index is 0.0407. The van der Waals surface area contributed by atoms with Crippen LogP contribution in [0.5, 0.6) is 0 Å². The molecule has 0 atom stereocenters. The van der Waals surface area contributed by atoms with E-state index in [1.54, 1.807) is 35.7 Å². The van der Waals surface area contributed by atoms with Gasteiger partial charge in [-0.1, -0.05) is 12.1 Å². The number of carbonyl (C=O) groups excluding carboxylic acids is 1. The zero-order valence-corrected chi connectivity index (χ0v) is 14.7. The minimum atomic E-state index is -0.469. The van der Waals surface area contributed by atoms with Gasteiger partial charge in [0, 0.05) is 29.0 Å². The predicted octanol–water partition coefficient (Wildman–Crippen LogP) is 4.45. The van der Waals surface area contributed by atoms with E-state index in [4.69, 9.17) is 4.74 Å². The lowest BCUT2D eigenvalue weighted by molar-refractivity contribution is -0.138. The van der Waals surface area contributed by atoms with E-state index < -0.39 is 5.97 Å². The third-order valence-corrected chi connectivity index (χ3v) is 4.51. The second-order valence-corrected chi connectivity index (χ2v) is 6.42. The molecule has 6 heteroatoms. The molecule has 0 aliphatic heterocycles. The number of aryl methyl sites for hydroxylation is 1. The second kappa shape index (κ2) is 7.44. The summed E-state index contributed by atoms with van der Waals surface area (Å²) >= 11 is 1.55. The Morgan fingerprint density at radius 3 is 2.92 bits per heavy atom. The van der Waals surface area contributed by atoms with Crippen LogP contribution in [0.4, 0.5) is 4.39 Å². The molecule has 0 aliphatic carbocycles. The highest BCUT2D eigenvalue weighted by Crippen LogP contribution is 2.23. The van der Waals surface area contributed by atoms with Crippen molar-refractivity contribution in [2.24, 2.45) is 0 Å². The Labute approximate surface area is 149 Å². The van der Waals surface area contributed by atoms with Crippen LogP contribution in [0.1, 0.15) is 22.5 Å². The molecule has 2 heterocycles. The number of benzene rings is 1. The predicted molar refractivity (Wildman–Crippen MR) is 96.1 cm³/mol. The fraction of sp³-hybridized carbons (Fsp3) is 0.158. The number of carbonyl (C=O) groups is 1. The third-order valence-electron chi connectivity index (χ3n) is 3.75. The molecule has 0 unspecified atom stereocenters. The van der Waals surface area contributed by atoms with Crippen LogP contribution in [0, 0.1) is 19.7 Å². The number of hydrogen-bond donors (Lipinski definition) is 0. The van der Waals surface area contributed by atoms with Gasteiger partial charge in [-0.2, -0.15) is 0 Å². The highest BCUT2D eigenvalue weighted by atomic mass is 32.1. The lowest BCUT2D eigenvalue weighted by atomic mass is 10.2. The Kier molecular flexibility index (Phi) is 5.09. The fourth-order valence-electron chi connectivity index (χ4n) is 2.56. The van der Waals surface area contributed by atoms with Crippen molar-refractivity contribution < 1.29 is 13.9 Å². The van der Waals surface area contributed by atoms with Gasteiger partial charge in [-0.25, -0.2) is 14.2 Å². The topological polar surface area (TPSA) is 44.1 Å². The van der Waals surface area contributed by atoms with Crippen molar-refractivity contribution in [1.82, 2.24) is 9.55 Å². The number of hydrogen-bond acceptors (Lipinski definition) is 4. The van der Waals surface area contributed by atoms with E-state index in [1.807, 2.05) is 29.9 Å². The van der Waals surface area contributed by atoms with Gasteiger partial charge < -0.3 is 4.74 Å². The van der Waals surface area contributed by atoms with Crippen LogP contribution in [0.25, 0.3) is 11.2 Å². The number of thiazole rings is 1. The molecule has 0 N–H and O–H groups in total. The lowest BCUT2D eigenvalue weighted by Crippen LogP contribution is -2.01. The average molecular weight is 356 g/mol. The molecular weight excluding hydrogens is 339 g/mol. The highest BCUT2D eigenvalue weighted by Gasteiger charge is 2.11. The summed E-state index contributed by atoms with van der Waals surface area (Å²) in [6.07, 6.45) is 4.87. The van der Waals surface area contributed by atoms with Crippen LogP contribution in [0.15, 0.2) is 48.0 Å². The van der Waals surface area contributed by atoms with Crippen LogP contribution < -0.4 is 0 Å². The maximum Gasteiger partial charge on any atom is 0.331 e. The van der Waals surface area contributed by atoms with E-state index in [-0.39, 0.29) is 12.4 Å². The summed E-state index contributed by atoms with van der Waals surface area (Å²) in [6.45, 7) is 4.01. The number of halogens is 1. The zero-order valence-electron chi connectivity index (χ0n) is 13.9. The van der Waals surface area contributed by atoms with Gasteiger partial charge in [0.25, 0.3) is 0 Å². The smallest absolute Gasteiger partial charge is 0.331 e. The van der Waals surface area contributed by atoms with Gasteiger partial charge in [0.05, 0.1) is 0 Å². The zero-order chi connectivity index (χ0) is 17.8. The van der Waals surface area contributed by atoms with E-state index in [2.05, 4.69) is 4.98 Å². The highest BCUT2D eigenvalue weighted by molar-refractivity contribution is 7.12. The van der Waals surface area contributed by atoms with E-state index in [9.17, 15) is 9.18 Å². The average Bonchev–Trinajstić information content (AvgIpc) is 3.19. The molecule has 0 saturated carbocycles. The molecule has 0 bridgehead atoms. The molecular formula is C19H17FN2O2S. The first-order valence-corrected chi connectivity index (χ1v) is 8.60. The summed E-state index contributed by atoms with van der Waals surface area (Å²) < 4.78 is 20.3. The standard InChI is InChI=1S/C19H17FN2O2S/c1-13-10-16(14(2)22(13)19-21-8-9-25-19)6-7-18(23)24-12-15-4-3-5-17(20)11-15/h3-11H,12H2,1-2H3/b7-6+. The van der Waals surface area contributed by atoms with Crippen LogP contribution in [0.2, 0.25) is 0 Å². The second-order valence-electron chi connectivity index (χ2n) is 5.55. The van der Waals surface area contributed by atoms with Gasteiger partial charge in [-0.3, -0.25) is 4.57 Å². The molecule has 0 radical (unpaired) electrons. The molecule has 4 nitrogen and oxygen atoms in total. The van der Waals surface area contributed by atoms with Crippen LogP contribution in [0.3, 0.4) is 0 Å². The van der Waals surface area contributed by atoms with E-state index in [0.29, 0.717) is 5.56 Å². The molecule has 0 fully saturated rings. The number of esters is 1. The number of nitrogens with zero attached hydrogens (tertiary/aromatic N) is 2. The van der Waals surface area contributed by atoms with Crippen molar-refractivity contribution in [2.75, 3.05) is 0 Å². The minimum Gasteiger partial charge on any atom is -0.458 e. The quantitative estimate of drug-likeness (QED) is 0.501. The SMILES string of the molecule is Cc1cc(/C=C/C(=O)OCc2cccc(F)c2)c(C)n1-c1nccs1. The first kappa shape index (κ1) is 17.1. The summed E-state index contributed by atoms with van der Waals surface area (Å²) in [7, 11) is 0. The molecule has 2 aromatic heterocycles. The Balaban J connectivity index is 1.68. The summed E-state index contributed by atoms with van der Waals surface area (Å²) in [5, 5.41) is 2.82. The van der Waals surface area contributed by atoms with Crippen molar-refractivity contribution in [3.63, 3.8) is 0 Å². The first-order chi connectivity index (χ1) is 12.0. The van der Waals surface area contributed by atoms with Crippen molar-refractivity contribution in [3.8, 4) is 5.13 Å². The third kappa shape index (κ3) is 4.03. The molecule has 3 aromatic rings. The maximum absolute atomic E-state index is 13.1. The molecule has 0 spiro atoms. The van der Waals surface area contributed by atoms with Crippen LogP contribution >= 0.6 is 11.3 Å². The number of ether oxygens (including phenoxy) is 1. The summed E-state index contributed by atoms with van der Waals surface area (Å²) in [4.78, 5) is 16.2. The van der Waals surface area contributed by atoms with Crippen LogP contribution in [-0.2, 0) is 16.1 Å². The largest absolute Gasteiger partial charge is 0.458 e. The lowest BCUT2D eigenvalue weighted by Gasteiger charge is -2.04. The Morgan fingerprint density at radius 1 is 1.36 bits per heavy atom. The van der Waals surface area contributed by atoms with Crippen LogP contribution in [-0.4, -0.2) is 15.5 Å². The van der Waals surface area contributed by atoms with Crippen molar-refractivity contribution in [3.05, 3.63) is 76.3 Å². The van der Waals surface area contributed by atoms with Gasteiger partial charge >= 0.3 is 5.97 Å². The van der Waals surface area contributed by atoms with Crippen molar-refractivity contribution in [1.29, 1.82) is 0 Å². The van der Waals surface area contributed by atoms with Crippen molar-refractivity contribution >= 4 is 23.4 Å². The molecule has 0 amide bonds. The Bertz CT molecular complexity index is 914. The number of rotatable bonds is 5. The van der Waals surface area contributed by atoms with E-state index in [0.717, 1.165) is 22.1 Å². The number of aromatic nitrogens is 2. The van der Waals surface area contributed by atoms with Gasteiger partial charge in [0.2, 0.25) is 0 Å². The first-order valence-electron chi connectivity index (χ1n) is 7.72. The van der Waals surface area contributed by atoms with E-state index in [1.165, 1.54) is 18.2 Å². The summed E-state index contributed by atoms with van der Waals surface area (Å²) in [5.41, 5.74) is 3.58. The van der Waals surface area contributed by atoms with Crippen molar-refractivity contribution in [2.45, 2.75) is 20.5 Å². The Morgan fingerprint density at radius 2 is 2.20 bits per heavy atom. The van der Waals surface area contributed by atoms with Gasteiger partial charge in [-0.05, 0) is 49.2 Å². The molecule has 0 saturated heterocycles. The maximum atomic E-state index is 13.1. The molecule has 1 aromatic carbocycles. The molecule has 25 heavy (non-hydrogen) atoms. The molecule has 3 rings (SSSR count).